The number of aryl methyl sites for hydroxylation is 1. The lowest BCUT2D eigenvalue weighted by Gasteiger charge is -2.39. The highest BCUT2D eigenvalue weighted by atomic mass is 16.5. The standard InChI is InChI=1S/C13H22N2O2/c1-3-15-10-11(9-14-15)12(16)13(17-2)7-5-4-6-8-13/h9-10,12,16H,3-8H2,1-2H3. The van der Waals surface area contributed by atoms with E-state index >= 15 is 0 Å². The first-order chi connectivity index (χ1) is 8.22. The van der Waals surface area contributed by atoms with Crippen molar-refractivity contribution in [3.8, 4) is 0 Å². The fourth-order valence-electron chi connectivity index (χ4n) is 2.74. The van der Waals surface area contributed by atoms with Gasteiger partial charge in [-0.25, -0.2) is 0 Å². The van der Waals surface area contributed by atoms with Gasteiger partial charge < -0.3 is 9.84 Å². The molecule has 96 valence electrons. The van der Waals surface area contributed by atoms with Gasteiger partial charge in [0, 0.05) is 25.4 Å². The average molecular weight is 238 g/mol. The Hall–Kier alpha value is -0.870. The molecule has 1 aromatic rings. The second kappa shape index (κ2) is 5.19. The molecule has 0 spiro atoms. The Labute approximate surface area is 103 Å². The van der Waals surface area contributed by atoms with Gasteiger partial charge in [0.05, 0.1) is 11.8 Å². The van der Waals surface area contributed by atoms with E-state index in [2.05, 4.69) is 5.10 Å². The van der Waals surface area contributed by atoms with Gasteiger partial charge in [-0.15, -0.1) is 0 Å². The van der Waals surface area contributed by atoms with Crippen molar-refractivity contribution >= 4 is 0 Å². The summed E-state index contributed by atoms with van der Waals surface area (Å²) in [5.74, 6) is 0. The van der Waals surface area contributed by atoms with Crippen LogP contribution in [-0.4, -0.2) is 27.6 Å². The maximum absolute atomic E-state index is 10.5. The van der Waals surface area contributed by atoms with E-state index in [-0.39, 0.29) is 0 Å². The molecule has 0 bridgehead atoms. The Morgan fingerprint density at radius 1 is 1.47 bits per heavy atom. The molecule has 1 atom stereocenters. The molecule has 1 fully saturated rings. The molecule has 0 saturated heterocycles. The first kappa shape index (κ1) is 12.6. The molecule has 1 aliphatic rings. The second-order valence-electron chi connectivity index (χ2n) is 4.86. The van der Waals surface area contributed by atoms with Gasteiger partial charge in [-0.3, -0.25) is 4.68 Å². The molecule has 0 aliphatic heterocycles. The molecular weight excluding hydrogens is 216 g/mol. The Morgan fingerprint density at radius 3 is 2.71 bits per heavy atom. The summed E-state index contributed by atoms with van der Waals surface area (Å²) in [7, 11) is 1.71. The SMILES string of the molecule is CCn1cc(C(O)C2(OC)CCCCC2)cn1. The molecular formula is C13H22N2O2. The molecule has 1 saturated carbocycles. The Kier molecular flexibility index (Phi) is 3.84. The molecule has 1 N–H and O–H groups in total. The zero-order valence-corrected chi connectivity index (χ0v) is 10.7. The number of rotatable bonds is 4. The molecule has 1 aliphatic carbocycles. The zero-order valence-electron chi connectivity index (χ0n) is 10.7. The van der Waals surface area contributed by atoms with Crippen molar-refractivity contribution in [2.45, 2.75) is 57.3 Å². The van der Waals surface area contributed by atoms with Crippen LogP contribution in [0.4, 0.5) is 0 Å². The largest absolute Gasteiger partial charge is 0.385 e. The predicted octanol–water partition coefficient (Wildman–Crippen LogP) is 2.29. The maximum atomic E-state index is 10.5. The van der Waals surface area contributed by atoms with Gasteiger partial charge in [-0.1, -0.05) is 19.3 Å². The predicted molar refractivity (Wildman–Crippen MR) is 65.7 cm³/mol. The first-order valence-corrected chi connectivity index (χ1v) is 6.47. The van der Waals surface area contributed by atoms with E-state index in [1.165, 1.54) is 6.42 Å². The lowest BCUT2D eigenvalue weighted by molar-refractivity contribution is -0.125. The van der Waals surface area contributed by atoms with Crippen LogP contribution in [0.2, 0.25) is 0 Å². The molecule has 0 amide bonds. The van der Waals surface area contributed by atoms with Crippen LogP contribution in [0, 0.1) is 0 Å². The summed E-state index contributed by atoms with van der Waals surface area (Å²) in [4.78, 5) is 0. The number of hydrogen-bond donors (Lipinski definition) is 1. The van der Waals surface area contributed by atoms with Crippen LogP contribution in [0.1, 0.15) is 50.7 Å². The highest BCUT2D eigenvalue weighted by Crippen LogP contribution is 2.40. The molecule has 1 aromatic heterocycles. The van der Waals surface area contributed by atoms with Crippen molar-refractivity contribution < 1.29 is 9.84 Å². The topological polar surface area (TPSA) is 47.3 Å². The quantitative estimate of drug-likeness (QED) is 0.875. The number of nitrogens with zero attached hydrogens (tertiary/aromatic N) is 2. The minimum atomic E-state index is -0.562. The number of aromatic nitrogens is 2. The van der Waals surface area contributed by atoms with Gasteiger partial charge in [-0.2, -0.15) is 5.10 Å². The number of hydrogen-bond acceptors (Lipinski definition) is 3. The fourth-order valence-corrected chi connectivity index (χ4v) is 2.74. The van der Waals surface area contributed by atoms with E-state index in [4.69, 9.17) is 4.74 Å². The first-order valence-electron chi connectivity index (χ1n) is 6.47. The summed E-state index contributed by atoms with van der Waals surface area (Å²) in [5.41, 5.74) is 0.468. The van der Waals surface area contributed by atoms with Gasteiger partial charge in [0.15, 0.2) is 0 Å². The van der Waals surface area contributed by atoms with Gasteiger partial charge in [0.25, 0.3) is 0 Å². The highest BCUT2D eigenvalue weighted by Gasteiger charge is 2.40. The van der Waals surface area contributed by atoms with Crippen molar-refractivity contribution in [3.05, 3.63) is 18.0 Å². The minimum Gasteiger partial charge on any atom is -0.385 e. The summed E-state index contributed by atoms with van der Waals surface area (Å²) >= 11 is 0. The Balaban J connectivity index is 2.18. The summed E-state index contributed by atoms with van der Waals surface area (Å²) in [6, 6.07) is 0. The van der Waals surface area contributed by atoms with Crippen LogP contribution >= 0.6 is 0 Å². The number of aliphatic hydroxyl groups is 1. The van der Waals surface area contributed by atoms with E-state index < -0.39 is 11.7 Å². The van der Waals surface area contributed by atoms with Crippen LogP contribution in [0.25, 0.3) is 0 Å². The Morgan fingerprint density at radius 2 is 2.18 bits per heavy atom. The van der Waals surface area contributed by atoms with Crippen LogP contribution in [0.3, 0.4) is 0 Å². The van der Waals surface area contributed by atoms with Gasteiger partial charge in [-0.05, 0) is 19.8 Å². The molecule has 1 heterocycles. The molecule has 0 radical (unpaired) electrons. The van der Waals surface area contributed by atoms with Crippen LogP contribution in [-0.2, 0) is 11.3 Å². The summed E-state index contributed by atoms with van der Waals surface area (Å²) in [6.45, 7) is 2.86. The molecule has 1 unspecified atom stereocenters. The lowest BCUT2D eigenvalue weighted by atomic mass is 9.79. The van der Waals surface area contributed by atoms with Crippen LogP contribution < -0.4 is 0 Å². The summed E-state index contributed by atoms with van der Waals surface area (Å²) in [6.07, 6.45) is 8.48. The zero-order chi connectivity index (χ0) is 12.3. The monoisotopic (exact) mass is 238 g/mol. The van der Waals surface area contributed by atoms with Gasteiger partial charge in [0.2, 0.25) is 0 Å². The molecule has 17 heavy (non-hydrogen) atoms. The van der Waals surface area contributed by atoms with E-state index in [1.807, 2.05) is 17.8 Å². The number of ether oxygens (including phenoxy) is 1. The van der Waals surface area contributed by atoms with Crippen molar-refractivity contribution in [3.63, 3.8) is 0 Å². The van der Waals surface area contributed by atoms with Crippen LogP contribution in [0.15, 0.2) is 12.4 Å². The number of aliphatic hydroxyl groups excluding tert-OH is 1. The smallest absolute Gasteiger partial charge is 0.111 e. The summed E-state index contributed by atoms with van der Waals surface area (Å²) < 4.78 is 7.49. The second-order valence-corrected chi connectivity index (χ2v) is 4.86. The Bertz CT molecular complexity index is 356. The van der Waals surface area contributed by atoms with Crippen LogP contribution in [0.5, 0.6) is 0 Å². The number of methoxy groups -OCH3 is 1. The third-order valence-electron chi connectivity index (χ3n) is 3.90. The van der Waals surface area contributed by atoms with Gasteiger partial charge >= 0.3 is 0 Å². The van der Waals surface area contributed by atoms with Crippen molar-refractivity contribution in [2.75, 3.05) is 7.11 Å². The van der Waals surface area contributed by atoms with Gasteiger partial charge in [0.1, 0.15) is 6.10 Å². The molecule has 4 heteroatoms. The summed E-state index contributed by atoms with van der Waals surface area (Å²) in [5, 5.41) is 14.7. The minimum absolute atomic E-state index is 0.403. The van der Waals surface area contributed by atoms with Crippen molar-refractivity contribution in [2.24, 2.45) is 0 Å². The maximum Gasteiger partial charge on any atom is 0.111 e. The molecule has 4 nitrogen and oxygen atoms in total. The normalized spacial score (nSPS) is 21.4. The van der Waals surface area contributed by atoms with Crippen molar-refractivity contribution in [1.82, 2.24) is 9.78 Å². The van der Waals surface area contributed by atoms with E-state index in [0.717, 1.165) is 37.8 Å². The molecule has 0 aromatic carbocycles. The van der Waals surface area contributed by atoms with E-state index in [1.54, 1.807) is 13.3 Å². The van der Waals surface area contributed by atoms with Crippen molar-refractivity contribution in [1.29, 1.82) is 0 Å². The van der Waals surface area contributed by atoms with E-state index in [0.29, 0.717) is 0 Å². The molecule has 2 rings (SSSR count). The third-order valence-corrected chi connectivity index (χ3v) is 3.90. The van der Waals surface area contributed by atoms with E-state index in [9.17, 15) is 5.11 Å². The average Bonchev–Trinajstić information content (AvgIpc) is 2.87. The highest BCUT2D eigenvalue weighted by molar-refractivity contribution is 5.14. The fraction of sp³-hybridized carbons (Fsp3) is 0.769. The lowest BCUT2D eigenvalue weighted by Crippen LogP contribution is -2.40. The third kappa shape index (κ3) is 2.38.